The summed E-state index contributed by atoms with van der Waals surface area (Å²) in [5.41, 5.74) is 1.29. The Hall–Kier alpha value is -4.00. The summed E-state index contributed by atoms with van der Waals surface area (Å²) < 4.78 is 23.7. The Kier molecular flexibility index (Phi) is 7.91. The van der Waals surface area contributed by atoms with E-state index in [9.17, 15) is 18.8 Å². The van der Waals surface area contributed by atoms with Crippen molar-refractivity contribution in [2.24, 2.45) is 0 Å². The highest BCUT2D eigenvalue weighted by molar-refractivity contribution is 6.09. The zero-order valence-corrected chi connectivity index (χ0v) is 18.4. The molecule has 0 bridgehead atoms. The summed E-state index contributed by atoms with van der Waals surface area (Å²) >= 11 is 0. The number of carbonyl (C=O) groups excluding carboxylic acids is 3. The smallest absolute Gasteiger partial charge is 0.349 e. The molecule has 3 aromatic rings. The molecule has 0 aliphatic rings. The summed E-state index contributed by atoms with van der Waals surface area (Å²) in [6, 6.07) is 17.9. The van der Waals surface area contributed by atoms with Gasteiger partial charge in [-0.15, -0.1) is 0 Å². The average Bonchev–Trinajstić information content (AvgIpc) is 2.84. The Morgan fingerprint density at radius 2 is 1.21 bits per heavy atom. The molecule has 0 N–H and O–H groups in total. The maximum absolute atomic E-state index is 13.0. The lowest BCUT2D eigenvalue weighted by Crippen LogP contribution is -2.30. The summed E-state index contributed by atoms with van der Waals surface area (Å²) in [6.07, 6.45) is 0. The first-order chi connectivity index (χ1) is 15.9. The highest BCUT2D eigenvalue weighted by atomic mass is 19.1. The maximum atomic E-state index is 13.0. The molecule has 0 fully saturated rings. The summed E-state index contributed by atoms with van der Waals surface area (Å²) in [5, 5.41) is 0. The Morgan fingerprint density at radius 3 is 1.76 bits per heavy atom. The van der Waals surface area contributed by atoms with Crippen molar-refractivity contribution < 1.29 is 28.2 Å². The largest absolute Gasteiger partial charge is 0.482 e. The Bertz CT molecular complexity index is 1100. The van der Waals surface area contributed by atoms with Gasteiger partial charge in [0.2, 0.25) is 0 Å². The molecule has 0 saturated heterocycles. The van der Waals surface area contributed by atoms with Crippen LogP contribution >= 0.6 is 0 Å². The molecule has 0 aliphatic carbocycles. The number of hydrogen-bond acceptors (Lipinski definition) is 5. The van der Waals surface area contributed by atoms with Crippen LogP contribution < -0.4 is 9.47 Å². The summed E-state index contributed by atoms with van der Waals surface area (Å²) in [6.45, 7) is 4.77. The fraction of sp³-hybridized carbons (Fsp3) is 0.192. The molecule has 0 heterocycles. The second-order valence-electron chi connectivity index (χ2n) is 7.12. The summed E-state index contributed by atoms with van der Waals surface area (Å²) in [7, 11) is 0. The third kappa shape index (κ3) is 6.26. The molecule has 0 saturated carbocycles. The second-order valence-corrected chi connectivity index (χ2v) is 7.12. The number of nitrogens with zero attached hydrogens (tertiary/aromatic N) is 1. The van der Waals surface area contributed by atoms with Crippen LogP contribution in [-0.4, -0.2) is 42.3 Å². The first kappa shape index (κ1) is 23.7. The van der Waals surface area contributed by atoms with Crippen molar-refractivity contribution >= 4 is 17.7 Å². The van der Waals surface area contributed by atoms with Gasteiger partial charge in [-0.05, 0) is 86.6 Å². The number of halogens is 1. The quantitative estimate of drug-likeness (QED) is 0.273. The van der Waals surface area contributed by atoms with Gasteiger partial charge in [0.15, 0.2) is 12.4 Å². The van der Waals surface area contributed by atoms with Gasteiger partial charge in [0.1, 0.15) is 17.3 Å². The van der Waals surface area contributed by atoms with Gasteiger partial charge in [0, 0.05) is 29.8 Å². The fourth-order valence-electron chi connectivity index (χ4n) is 3.13. The second kappa shape index (κ2) is 11.0. The van der Waals surface area contributed by atoms with Crippen LogP contribution in [0.2, 0.25) is 0 Å². The molecule has 33 heavy (non-hydrogen) atoms. The highest BCUT2D eigenvalue weighted by Gasteiger charge is 2.13. The number of benzene rings is 3. The number of carbonyl (C=O) groups is 3. The van der Waals surface area contributed by atoms with Gasteiger partial charge in [-0.3, -0.25) is 9.59 Å². The van der Waals surface area contributed by atoms with Crippen LogP contribution in [0.3, 0.4) is 0 Å². The van der Waals surface area contributed by atoms with Crippen molar-refractivity contribution in [3.8, 4) is 11.5 Å². The van der Waals surface area contributed by atoms with Gasteiger partial charge in [0.05, 0.1) is 0 Å². The molecule has 6 nitrogen and oxygen atoms in total. The number of esters is 1. The number of hydrogen-bond donors (Lipinski definition) is 0. The number of ether oxygens (including phenoxy) is 2. The lowest BCUT2D eigenvalue weighted by atomic mass is 10.0. The van der Waals surface area contributed by atoms with Crippen LogP contribution in [-0.2, 0) is 4.79 Å². The van der Waals surface area contributed by atoms with Crippen LogP contribution in [0.15, 0.2) is 72.8 Å². The molecule has 3 aromatic carbocycles. The van der Waals surface area contributed by atoms with E-state index in [1.165, 1.54) is 48.5 Å². The van der Waals surface area contributed by atoms with E-state index in [1.54, 1.807) is 29.2 Å². The van der Waals surface area contributed by atoms with E-state index in [0.717, 1.165) is 0 Å². The SMILES string of the molecule is CCN(CC)C(=O)c1ccc(OCC(=O)Oc2ccc(C(=O)c3ccc(F)cc3)cc2)cc1. The fourth-order valence-corrected chi connectivity index (χ4v) is 3.13. The van der Waals surface area contributed by atoms with Gasteiger partial charge in [-0.1, -0.05) is 0 Å². The van der Waals surface area contributed by atoms with Crippen molar-refractivity contribution in [2.45, 2.75) is 13.8 Å². The molecular formula is C26H24FNO5. The first-order valence-corrected chi connectivity index (χ1v) is 10.5. The van der Waals surface area contributed by atoms with Gasteiger partial charge < -0.3 is 14.4 Å². The minimum atomic E-state index is -0.615. The van der Waals surface area contributed by atoms with E-state index < -0.39 is 11.8 Å². The predicted molar refractivity (Wildman–Crippen MR) is 121 cm³/mol. The molecule has 0 aliphatic heterocycles. The minimum Gasteiger partial charge on any atom is -0.482 e. The van der Waals surface area contributed by atoms with Crippen molar-refractivity contribution in [1.82, 2.24) is 4.90 Å². The Morgan fingerprint density at radius 1 is 0.727 bits per heavy atom. The molecule has 0 unspecified atom stereocenters. The van der Waals surface area contributed by atoms with E-state index >= 15 is 0 Å². The minimum absolute atomic E-state index is 0.0627. The molecule has 7 heteroatoms. The monoisotopic (exact) mass is 449 g/mol. The molecule has 0 radical (unpaired) electrons. The van der Waals surface area contributed by atoms with E-state index in [4.69, 9.17) is 9.47 Å². The molecule has 0 atom stereocenters. The van der Waals surface area contributed by atoms with E-state index in [2.05, 4.69) is 0 Å². The Labute approximate surface area is 191 Å². The normalized spacial score (nSPS) is 10.4. The third-order valence-corrected chi connectivity index (χ3v) is 4.96. The number of ketones is 1. The first-order valence-electron chi connectivity index (χ1n) is 10.5. The van der Waals surface area contributed by atoms with Crippen molar-refractivity contribution in [3.05, 3.63) is 95.3 Å². The summed E-state index contributed by atoms with van der Waals surface area (Å²) in [5.74, 6) is -0.662. The highest BCUT2D eigenvalue weighted by Crippen LogP contribution is 2.17. The lowest BCUT2D eigenvalue weighted by Gasteiger charge is -2.18. The van der Waals surface area contributed by atoms with E-state index in [-0.39, 0.29) is 24.0 Å². The molecule has 3 rings (SSSR count). The Balaban J connectivity index is 1.52. The summed E-state index contributed by atoms with van der Waals surface area (Å²) in [4.78, 5) is 38.5. The molecule has 0 spiro atoms. The molecule has 0 aromatic heterocycles. The van der Waals surface area contributed by atoms with Crippen molar-refractivity contribution in [1.29, 1.82) is 0 Å². The topological polar surface area (TPSA) is 72.9 Å². The van der Waals surface area contributed by atoms with Gasteiger partial charge in [0.25, 0.3) is 5.91 Å². The number of amides is 1. The third-order valence-electron chi connectivity index (χ3n) is 4.96. The van der Waals surface area contributed by atoms with Crippen molar-refractivity contribution in [2.75, 3.05) is 19.7 Å². The predicted octanol–water partition coefficient (Wildman–Crippen LogP) is 4.52. The van der Waals surface area contributed by atoms with Gasteiger partial charge >= 0.3 is 5.97 Å². The zero-order chi connectivity index (χ0) is 23.8. The molecule has 1 amide bonds. The number of rotatable bonds is 9. The lowest BCUT2D eigenvalue weighted by molar-refractivity contribution is -0.136. The van der Waals surface area contributed by atoms with Crippen molar-refractivity contribution in [3.63, 3.8) is 0 Å². The standard InChI is InChI=1S/C26H24FNO5/c1-3-28(4-2)26(31)20-9-13-22(14-10-20)32-17-24(29)33-23-15-7-19(8-16-23)25(30)18-5-11-21(27)12-6-18/h5-16H,3-4,17H2,1-2H3. The van der Waals surface area contributed by atoms with Gasteiger partial charge in [-0.25, -0.2) is 9.18 Å². The maximum Gasteiger partial charge on any atom is 0.349 e. The van der Waals surface area contributed by atoms with Crippen LogP contribution in [0.1, 0.15) is 40.1 Å². The zero-order valence-electron chi connectivity index (χ0n) is 18.4. The molecular weight excluding hydrogens is 425 g/mol. The van der Waals surface area contributed by atoms with Crippen LogP contribution in [0.4, 0.5) is 4.39 Å². The van der Waals surface area contributed by atoms with E-state index in [1.807, 2.05) is 13.8 Å². The molecule has 170 valence electrons. The van der Waals surface area contributed by atoms with E-state index in [0.29, 0.717) is 35.5 Å². The van der Waals surface area contributed by atoms with Gasteiger partial charge in [-0.2, -0.15) is 0 Å². The van der Waals surface area contributed by atoms with Crippen LogP contribution in [0.5, 0.6) is 11.5 Å². The van der Waals surface area contributed by atoms with Crippen LogP contribution in [0.25, 0.3) is 0 Å². The van der Waals surface area contributed by atoms with Crippen LogP contribution in [0, 0.1) is 5.82 Å². The average molecular weight is 449 g/mol.